The minimum absolute atomic E-state index is 0.0472. The van der Waals surface area contributed by atoms with E-state index in [1.165, 1.54) is 49.4 Å². The molecule has 0 bridgehead atoms. The summed E-state index contributed by atoms with van der Waals surface area (Å²) in [5, 5.41) is 7.96. The van der Waals surface area contributed by atoms with Gasteiger partial charge in [0.05, 0.1) is 25.8 Å². The van der Waals surface area contributed by atoms with Crippen LogP contribution in [0.5, 0.6) is 0 Å². The first-order chi connectivity index (χ1) is 12.6. The van der Waals surface area contributed by atoms with Gasteiger partial charge in [0.25, 0.3) is 5.91 Å². The molecule has 0 atom stereocenters. The van der Waals surface area contributed by atoms with Gasteiger partial charge in [-0.25, -0.2) is 27.0 Å². The van der Waals surface area contributed by atoms with Crippen LogP contribution < -0.4 is 10.5 Å². The molecule has 0 spiro atoms. The maximum absolute atomic E-state index is 12.4. The molecule has 2 aromatic carbocycles. The second kappa shape index (κ2) is 7.00. The molecule has 11 heteroatoms. The van der Waals surface area contributed by atoms with E-state index in [1.807, 2.05) is 0 Å². The average molecular weight is 426 g/mol. The number of hydrogen-bond acceptors (Lipinski definition) is 7. The Kier molecular flexibility index (Phi) is 5.04. The molecule has 8 nitrogen and oxygen atoms in total. The Labute approximate surface area is 160 Å². The maximum atomic E-state index is 12.4. The van der Waals surface area contributed by atoms with Gasteiger partial charge >= 0.3 is 0 Å². The van der Waals surface area contributed by atoms with E-state index >= 15 is 0 Å². The zero-order chi connectivity index (χ0) is 19.8. The fourth-order valence-corrected chi connectivity index (χ4v) is 4.74. The fraction of sp³-hybridized carbons (Fsp3) is 0.125. The predicted molar refractivity (Wildman–Crippen MR) is 103 cm³/mol. The highest BCUT2D eigenvalue weighted by molar-refractivity contribution is 7.91. The SMILES string of the molecule is CCS(=O)(=O)c1cccc(C(=O)Nc2nc3ccc(S(N)(=O)=O)cc3s2)c1. The smallest absolute Gasteiger partial charge is 0.257 e. The summed E-state index contributed by atoms with van der Waals surface area (Å²) in [6.45, 7) is 1.53. The summed E-state index contributed by atoms with van der Waals surface area (Å²) in [6.07, 6.45) is 0. The van der Waals surface area contributed by atoms with E-state index in [0.29, 0.717) is 10.2 Å². The van der Waals surface area contributed by atoms with E-state index in [4.69, 9.17) is 5.14 Å². The molecule has 0 aliphatic carbocycles. The zero-order valence-corrected chi connectivity index (χ0v) is 16.5. The number of carbonyl (C=O) groups excluding carboxylic acids is 1. The largest absolute Gasteiger partial charge is 0.298 e. The van der Waals surface area contributed by atoms with E-state index < -0.39 is 25.8 Å². The van der Waals surface area contributed by atoms with E-state index in [1.54, 1.807) is 0 Å². The molecule has 1 heterocycles. The minimum atomic E-state index is -3.84. The normalized spacial score (nSPS) is 12.2. The van der Waals surface area contributed by atoms with Crippen molar-refractivity contribution < 1.29 is 21.6 Å². The number of rotatable bonds is 5. The average Bonchev–Trinajstić information content (AvgIpc) is 3.02. The first-order valence-corrected chi connectivity index (χ1v) is 11.7. The van der Waals surface area contributed by atoms with Gasteiger partial charge in [-0.3, -0.25) is 10.1 Å². The minimum Gasteiger partial charge on any atom is -0.298 e. The molecule has 0 saturated heterocycles. The third-order valence-corrected chi connectivity index (χ3v) is 7.32. The Morgan fingerprint density at radius 1 is 1.11 bits per heavy atom. The van der Waals surface area contributed by atoms with Crippen LogP contribution >= 0.6 is 11.3 Å². The van der Waals surface area contributed by atoms with Gasteiger partial charge in [-0.15, -0.1) is 0 Å². The van der Waals surface area contributed by atoms with Gasteiger partial charge in [0, 0.05) is 5.56 Å². The Morgan fingerprint density at radius 3 is 2.52 bits per heavy atom. The summed E-state index contributed by atoms with van der Waals surface area (Å²) < 4.78 is 47.3. The van der Waals surface area contributed by atoms with Crippen molar-refractivity contribution in [2.75, 3.05) is 11.1 Å². The molecule has 0 fully saturated rings. The molecule has 0 aliphatic heterocycles. The Balaban J connectivity index is 1.89. The maximum Gasteiger partial charge on any atom is 0.257 e. The molecule has 0 unspecified atom stereocenters. The number of sulfone groups is 1. The van der Waals surface area contributed by atoms with Gasteiger partial charge in [0.2, 0.25) is 10.0 Å². The molecule has 1 amide bonds. The number of carbonyl (C=O) groups is 1. The van der Waals surface area contributed by atoms with E-state index in [-0.39, 0.29) is 26.2 Å². The molecule has 0 saturated carbocycles. The van der Waals surface area contributed by atoms with Crippen molar-refractivity contribution in [3.8, 4) is 0 Å². The lowest BCUT2D eigenvalue weighted by Gasteiger charge is -2.05. The van der Waals surface area contributed by atoms with Gasteiger partial charge in [0.1, 0.15) is 0 Å². The van der Waals surface area contributed by atoms with Crippen molar-refractivity contribution in [3.05, 3.63) is 48.0 Å². The second-order valence-corrected chi connectivity index (χ2v) is 10.4. The Morgan fingerprint density at radius 2 is 1.85 bits per heavy atom. The van der Waals surface area contributed by atoms with Crippen molar-refractivity contribution in [1.82, 2.24) is 4.98 Å². The van der Waals surface area contributed by atoms with Crippen LogP contribution in [0.4, 0.5) is 5.13 Å². The monoisotopic (exact) mass is 425 g/mol. The number of thiazole rings is 1. The summed E-state index contributed by atoms with van der Waals surface area (Å²) in [4.78, 5) is 16.7. The van der Waals surface area contributed by atoms with Gasteiger partial charge in [-0.2, -0.15) is 0 Å². The number of benzene rings is 2. The molecule has 3 rings (SSSR count). The second-order valence-electron chi connectivity index (χ2n) is 5.58. The van der Waals surface area contributed by atoms with Gasteiger partial charge in [-0.05, 0) is 36.4 Å². The molecular weight excluding hydrogens is 410 g/mol. The van der Waals surface area contributed by atoms with Gasteiger partial charge < -0.3 is 0 Å². The van der Waals surface area contributed by atoms with Crippen LogP contribution in [0.2, 0.25) is 0 Å². The molecule has 27 heavy (non-hydrogen) atoms. The lowest BCUT2D eigenvalue weighted by Crippen LogP contribution is -2.13. The number of primary sulfonamides is 1. The molecule has 1 aromatic heterocycles. The van der Waals surface area contributed by atoms with Crippen molar-refractivity contribution in [2.45, 2.75) is 16.7 Å². The number of aromatic nitrogens is 1. The van der Waals surface area contributed by atoms with E-state index in [0.717, 1.165) is 11.3 Å². The number of amides is 1. The quantitative estimate of drug-likeness (QED) is 0.641. The van der Waals surface area contributed by atoms with Crippen molar-refractivity contribution in [3.63, 3.8) is 0 Å². The predicted octanol–water partition coefficient (Wildman–Crippen LogP) is 1.99. The lowest BCUT2D eigenvalue weighted by atomic mass is 10.2. The molecule has 0 radical (unpaired) electrons. The summed E-state index contributed by atoms with van der Waals surface area (Å²) in [5.41, 5.74) is 0.680. The summed E-state index contributed by atoms with van der Waals surface area (Å²) in [7, 11) is -7.27. The van der Waals surface area contributed by atoms with E-state index in [9.17, 15) is 21.6 Å². The van der Waals surface area contributed by atoms with E-state index in [2.05, 4.69) is 10.3 Å². The first-order valence-electron chi connectivity index (χ1n) is 7.68. The number of nitrogens with two attached hydrogens (primary N) is 1. The zero-order valence-electron chi connectivity index (χ0n) is 14.0. The summed E-state index contributed by atoms with van der Waals surface area (Å²) in [6, 6.07) is 9.94. The highest BCUT2D eigenvalue weighted by atomic mass is 32.2. The molecular formula is C16H15N3O5S3. The fourth-order valence-electron chi connectivity index (χ4n) is 2.30. The van der Waals surface area contributed by atoms with Crippen molar-refractivity contribution in [1.29, 1.82) is 0 Å². The standard InChI is InChI=1S/C16H15N3O5S3/c1-2-26(21,22)11-5-3-4-10(8-11)15(20)19-16-18-13-7-6-12(27(17,23)24)9-14(13)25-16/h3-9H,2H2,1H3,(H2,17,23,24)(H,18,19,20). The van der Waals surface area contributed by atoms with Crippen LogP contribution in [0.3, 0.4) is 0 Å². The Bertz CT molecular complexity index is 1250. The molecule has 3 aromatic rings. The van der Waals surface area contributed by atoms with Gasteiger partial charge in [-0.1, -0.05) is 24.3 Å². The third kappa shape index (κ3) is 4.16. The molecule has 3 N–H and O–H groups in total. The number of fused-ring (bicyclic) bond motifs is 1. The number of nitrogens with zero attached hydrogens (tertiary/aromatic N) is 1. The molecule has 142 valence electrons. The van der Waals surface area contributed by atoms with Crippen LogP contribution in [-0.4, -0.2) is 33.5 Å². The Hall–Kier alpha value is -2.34. The lowest BCUT2D eigenvalue weighted by molar-refractivity contribution is 0.102. The third-order valence-electron chi connectivity index (χ3n) is 3.74. The number of anilines is 1. The van der Waals surface area contributed by atoms with Crippen LogP contribution in [0.1, 0.15) is 17.3 Å². The van der Waals surface area contributed by atoms with Crippen LogP contribution in [-0.2, 0) is 19.9 Å². The highest BCUT2D eigenvalue weighted by Crippen LogP contribution is 2.28. The molecule has 0 aliphatic rings. The number of sulfonamides is 1. The highest BCUT2D eigenvalue weighted by Gasteiger charge is 2.16. The summed E-state index contributed by atoms with van der Waals surface area (Å²) in [5.74, 6) is -0.587. The van der Waals surface area contributed by atoms with Crippen LogP contribution in [0.25, 0.3) is 10.2 Å². The first kappa shape index (κ1) is 19.4. The van der Waals surface area contributed by atoms with Crippen molar-refractivity contribution in [2.24, 2.45) is 5.14 Å². The topological polar surface area (TPSA) is 136 Å². The summed E-state index contributed by atoms with van der Waals surface area (Å²) >= 11 is 1.08. The van der Waals surface area contributed by atoms with Gasteiger partial charge in [0.15, 0.2) is 15.0 Å². The van der Waals surface area contributed by atoms with Crippen LogP contribution in [0.15, 0.2) is 52.3 Å². The van der Waals surface area contributed by atoms with Crippen molar-refractivity contribution >= 4 is 52.5 Å². The van der Waals surface area contributed by atoms with Crippen LogP contribution in [0, 0.1) is 0 Å². The number of nitrogens with one attached hydrogen (secondary N) is 1. The number of hydrogen-bond donors (Lipinski definition) is 2.